The van der Waals surface area contributed by atoms with Crippen molar-refractivity contribution in [3.63, 3.8) is 0 Å². The molecule has 1 atom stereocenters. The lowest BCUT2D eigenvalue weighted by Gasteiger charge is -2.16. The molecule has 0 aliphatic rings. The third kappa shape index (κ3) is 5.51. The second kappa shape index (κ2) is 8.27. The number of rotatable bonds is 7. The van der Waals surface area contributed by atoms with Crippen LogP contribution in [-0.2, 0) is 11.2 Å². The highest BCUT2D eigenvalue weighted by Crippen LogP contribution is 2.23. The Morgan fingerprint density at radius 1 is 1.40 bits per heavy atom. The lowest BCUT2D eigenvalue weighted by Crippen LogP contribution is -2.38. The first-order valence-corrected chi connectivity index (χ1v) is 7.66. The predicted octanol–water partition coefficient (Wildman–Crippen LogP) is 2.49. The highest BCUT2D eigenvalue weighted by atomic mass is 79.9. The zero-order chi connectivity index (χ0) is 15.1. The zero-order valence-corrected chi connectivity index (χ0v) is 13.9. The molecular weight excluding hydrogens is 320 g/mol. The quantitative estimate of drug-likeness (QED) is 0.800. The van der Waals surface area contributed by atoms with Gasteiger partial charge >= 0.3 is 0 Å². The van der Waals surface area contributed by atoms with Crippen LogP contribution in [0.2, 0.25) is 0 Å². The Balaban J connectivity index is 2.63. The van der Waals surface area contributed by atoms with Crippen LogP contribution < -0.4 is 15.8 Å². The van der Waals surface area contributed by atoms with E-state index >= 15 is 0 Å². The standard InChI is InChI=1S/C15H23BrN2O2/c1-10(2)9-18-15(19)11(3)20-13-4-5-14(16)12(8-13)6-7-17/h4-5,8,10-11H,6-7,9,17H2,1-3H3,(H,18,19). The van der Waals surface area contributed by atoms with E-state index in [-0.39, 0.29) is 5.91 Å². The van der Waals surface area contributed by atoms with Gasteiger partial charge in [0.25, 0.3) is 5.91 Å². The molecule has 0 spiro atoms. The highest BCUT2D eigenvalue weighted by molar-refractivity contribution is 9.10. The maximum Gasteiger partial charge on any atom is 0.260 e. The van der Waals surface area contributed by atoms with Gasteiger partial charge in [-0.2, -0.15) is 0 Å². The third-order valence-corrected chi connectivity index (χ3v) is 3.57. The van der Waals surface area contributed by atoms with Crippen molar-refractivity contribution in [3.05, 3.63) is 28.2 Å². The maximum atomic E-state index is 11.9. The van der Waals surface area contributed by atoms with Crippen LogP contribution in [0.15, 0.2) is 22.7 Å². The number of nitrogens with one attached hydrogen (secondary N) is 1. The van der Waals surface area contributed by atoms with Crippen molar-refractivity contribution in [2.45, 2.75) is 33.3 Å². The summed E-state index contributed by atoms with van der Waals surface area (Å²) in [4.78, 5) is 11.9. The summed E-state index contributed by atoms with van der Waals surface area (Å²) < 4.78 is 6.68. The summed E-state index contributed by atoms with van der Waals surface area (Å²) in [5.41, 5.74) is 6.65. The second-order valence-electron chi connectivity index (χ2n) is 5.19. The molecule has 0 aliphatic heterocycles. The second-order valence-corrected chi connectivity index (χ2v) is 6.05. The molecule has 20 heavy (non-hydrogen) atoms. The Morgan fingerprint density at radius 2 is 2.10 bits per heavy atom. The minimum Gasteiger partial charge on any atom is -0.481 e. The molecule has 0 aromatic heterocycles. The number of carbonyl (C=O) groups is 1. The molecule has 0 radical (unpaired) electrons. The van der Waals surface area contributed by atoms with Gasteiger partial charge in [-0.3, -0.25) is 4.79 Å². The summed E-state index contributed by atoms with van der Waals surface area (Å²) in [5, 5.41) is 2.86. The van der Waals surface area contributed by atoms with Crippen molar-refractivity contribution in [1.29, 1.82) is 0 Å². The molecule has 112 valence electrons. The molecule has 4 nitrogen and oxygen atoms in total. The molecular formula is C15H23BrN2O2. The van der Waals surface area contributed by atoms with Gasteiger partial charge in [0.2, 0.25) is 0 Å². The smallest absolute Gasteiger partial charge is 0.260 e. The number of hydrogen-bond donors (Lipinski definition) is 2. The van der Waals surface area contributed by atoms with E-state index in [0.29, 0.717) is 24.8 Å². The minimum atomic E-state index is -0.513. The summed E-state index contributed by atoms with van der Waals surface area (Å²) in [6.45, 7) is 7.09. The number of nitrogens with two attached hydrogens (primary N) is 1. The van der Waals surface area contributed by atoms with Crippen LogP contribution in [0.25, 0.3) is 0 Å². The number of benzene rings is 1. The monoisotopic (exact) mass is 342 g/mol. The summed E-state index contributed by atoms with van der Waals surface area (Å²) in [6, 6.07) is 5.68. The van der Waals surface area contributed by atoms with Crippen molar-refractivity contribution in [2.24, 2.45) is 11.7 Å². The van der Waals surface area contributed by atoms with Crippen molar-refractivity contribution in [1.82, 2.24) is 5.32 Å². The SMILES string of the molecule is CC(C)CNC(=O)C(C)Oc1ccc(Br)c(CCN)c1. The highest BCUT2D eigenvalue weighted by Gasteiger charge is 2.15. The first kappa shape index (κ1) is 17.0. The summed E-state index contributed by atoms with van der Waals surface area (Å²) in [6.07, 6.45) is 0.256. The van der Waals surface area contributed by atoms with Gasteiger partial charge in [-0.05, 0) is 49.6 Å². The topological polar surface area (TPSA) is 64.3 Å². The normalized spacial score (nSPS) is 12.3. The van der Waals surface area contributed by atoms with Crippen LogP contribution in [0.4, 0.5) is 0 Å². The Bertz CT molecular complexity index is 449. The number of ether oxygens (including phenoxy) is 1. The molecule has 0 heterocycles. The molecule has 0 saturated heterocycles. The van der Waals surface area contributed by atoms with Gasteiger partial charge in [-0.1, -0.05) is 29.8 Å². The molecule has 1 amide bonds. The van der Waals surface area contributed by atoms with E-state index < -0.39 is 6.10 Å². The fourth-order valence-corrected chi connectivity index (χ4v) is 2.12. The van der Waals surface area contributed by atoms with Crippen LogP contribution in [-0.4, -0.2) is 25.1 Å². The Morgan fingerprint density at radius 3 is 2.70 bits per heavy atom. The van der Waals surface area contributed by atoms with Crippen LogP contribution in [0, 0.1) is 5.92 Å². The Kier molecular flexibility index (Phi) is 7.02. The molecule has 0 bridgehead atoms. The van der Waals surface area contributed by atoms with E-state index in [4.69, 9.17) is 10.5 Å². The van der Waals surface area contributed by atoms with Gasteiger partial charge in [0, 0.05) is 11.0 Å². The average Bonchev–Trinajstić information content (AvgIpc) is 2.40. The van der Waals surface area contributed by atoms with E-state index in [1.165, 1.54) is 0 Å². The molecule has 0 saturated carbocycles. The molecule has 3 N–H and O–H groups in total. The lowest BCUT2D eigenvalue weighted by molar-refractivity contribution is -0.127. The molecule has 5 heteroatoms. The molecule has 0 aliphatic carbocycles. The predicted molar refractivity (Wildman–Crippen MR) is 84.8 cm³/mol. The maximum absolute atomic E-state index is 11.9. The van der Waals surface area contributed by atoms with Gasteiger partial charge in [0.05, 0.1) is 0 Å². The van der Waals surface area contributed by atoms with Crippen molar-refractivity contribution < 1.29 is 9.53 Å². The third-order valence-electron chi connectivity index (χ3n) is 2.80. The van der Waals surface area contributed by atoms with E-state index in [2.05, 4.69) is 35.1 Å². The fourth-order valence-electron chi connectivity index (χ4n) is 1.68. The van der Waals surface area contributed by atoms with Crippen LogP contribution in [0.5, 0.6) is 5.75 Å². The first-order valence-electron chi connectivity index (χ1n) is 6.87. The summed E-state index contributed by atoms with van der Waals surface area (Å²) in [5.74, 6) is 1.01. The van der Waals surface area contributed by atoms with Crippen molar-refractivity contribution >= 4 is 21.8 Å². The van der Waals surface area contributed by atoms with Gasteiger partial charge < -0.3 is 15.8 Å². The Hall–Kier alpha value is -1.07. The van der Waals surface area contributed by atoms with E-state index in [0.717, 1.165) is 16.5 Å². The van der Waals surface area contributed by atoms with Gasteiger partial charge in [0.1, 0.15) is 5.75 Å². The van der Waals surface area contributed by atoms with Gasteiger partial charge in [0.15, 0.2) is 6.10 Å². The number of halogens is 1. The lowest BCUT2D eigenvalue weighted by atomic mass is 10.1. The largest absolute Gasteiger partial charge is 0.481 e. The molecule has 0 fully saturated rings. The van der Waals surface area contributed by atoms with Crippen molar-refractivity contribution in [3.8, 4) is 5.75 Å². The van der Waals surface area contributed by atoms with Crippen LogP contribution in [0.3, 0.4) is 0 Å². The first-order chi connectivity index (χ1) is 9.43. The minimum absolute atomic E-state index is 0.0954. The van der Waals surface area contributed by atoms with E-state index in [1.54, 1.807) is 6.92 Å². The Labute approximate surface area is 129 Å². The fraction of sp³-hybridized carbons (Fsp3) is 0.533. The van der Waals surface area contributed by atoms with E-state index in [1.807, 2.05) is 18.2 Å². The van der Waals surface area contributed by atoms with Crippen LogP contribution >= 0.6 is 15.9 Å². The van der Waals surface area contributed by atoms with E-state index in [9.17, 15) is 4.79 Å². The molecule has 1 rings (SSSR count). The molecule has 1 aromatic rings. The number of carbonyl (C=O) groups excluding carboxylic acids is 1. The zero-order valence-electron chi connectivity index (χ0n) is 12.3. The average molecular weight is 343 g/mol. The summed E-state index contributed by atoms with van der Waals surface area (Å²) >= 11 is 3.48. The van der Waals surface area contributed by atoms with Gasteiger partial charge in [-0.15, -0.1) is 0 Å². The number of hydrogen-bond acceptors (Lipinski definition) is 3. The summed E-state index contributed by atoms with van der Waals surface area (Å²) in [7, 11) is 0. The van der Waals surface area contributed by atoms with Gasteiger partial charge in [-0.25, -0.2) is 0 Å². The van der Waals surface area contributed by atoms with Crippen molar-refractivity contribution in [2.75, 3.05) is 13.1 Å². The molecule has 1 aromatic carbocycles. The number of amides is 1. The van der Waals surface area contributed by atoms with Crippen LogP contribution in [0.1, 0.15) is 26.3 Å². The molecule has 1 unspecified atom stereocenters.